The van der Waals surface area contributed by atoms with Gasteiger partial charge in [0.2, 0.25) is 0 Å². The van der Waals surface area contributed by atoms with Crippen molar-refractivity contribution >= 4 is 17.8 Å². The normalized spacial score (nSPS) is 17.9. The van der Waals surface area contributed by atoms with E-state index in [1.165, 1.54) is 0 Å². The lowest BCUT2D eigenvalue weighted by Crippen LogP contribution is -2.53. The van der Waals surface area contributed by atoms with Crippen molar-refractivity contribution in [3.63, 3.8) is 0 Å². The fourth-order valence-electron chi connectivity index (χ4n) is 3.18. The SMILES string of the molecule is N=C(N)c1ccc(C(=O)N2CCN(C(=O)N3CCCC3)CC2)cc1. The fraction of sp³-hybridized carbons (Fsp3) is 0.471. The number of nitrogens with one attached hydrogen (secondary N) is 1. The van der Waals surface area contributed by atoms with Crippen LogP contribution in [0.1, 0.15) is 28.8 Å². The van der Waals surface area contributed by atoms with E-state index in [9.17, 15) is 9.59 Å². The highest BCUT2D eigenvalue weighted by atomic mass is 16.2. The molecule has 0 unspecified atom stereocenters. The molecule has 0 atom stereocenters. The molecule has 2 fully saturated rings. The molecule has 1 aromatic carbocycles. The Morgan fingerprint density at radius 3 is 1.79 bits per heavy atom. The Morgan fingerprint density at radius 1 is 0.792 bits per heavy atom. The molecule has 0 aliphatic carbocycles. The quantitative estimate of drug-likeness (QED) is 0.625. The molecule has 0 radical (unpaired) electrons. The highest BCUT2D eigenvalue weighted by molar-refractivity contribution is 5.98. The first-order valence-corrected chi connectivity index (χ1v) is 8.34. The zero-order valence-electron chi connectivity index (χ0n) is 13.7. The molecule has 2 aliphatic heterocycles. The summed E-state index contributed by atoms with van der Waals surface area (Å²) in [5.74, 6) is -0.0542. The van der Waals surface area contributed by atoms with Gasteiger partial charge in [0.25, 0.3) is 5.91 Å². The predicted octanol–water partition coefficient (Wildman–Crippen LogP) is 0.944. The van der Waals surface area contributed by atoms with E-state index in [0.29, 0.717) is 37.3 Å². The summed E-state index contributed by atoms with van der Waals surface area (Å²) in [6.07, 6.45) is 2.17. The number of rotatable bonds is 2. The van der Waals surface area contributed by atoms with E-state index >= 15 is 0 Å². The van der Waals surface area contributed by atoms with Crippen LogP contribution >= 0.6 is 0 Å². The number of carbonyl (C=O) groups excluding carboxylic acids is 2. The van der Waals surface area contributed by atoms with Crippen molar-refractivity contribution in [2.45, 2.75) is 12.8 Å². The number of hydrogen-bond acceptors (Lipinski definition) is 3. The predicted molar refractivity (Wildman–Crippen MR) is 91.1 cm³/mol. The van der Waals surface area contributed by atoms with Crippen LogP contribution in [0.3, 0.4) is 0 Å². The number of benzene rings is 1. The molecule has 0 saturated carbocycles. The minimum Gasteiger partial charge on any atom is -0.384 e. The molecule has 1 aromatic rings. The standard InChI is InChI=1S/C17H23N5O2/c18-15(19)13-3-5-14(6-4-13)16(23)20-9-11-22(12-10-20)17(24)21-7-1-2-8-21/h3-6H,1-2,7-12H2,(H3,18,19). The molecule has 2 heterocycles. The number of piperazine rings is 1. The monoisotopic (exact) mass is 329 g/mol. The first-order chi connectivity index (χ1) is 11.6. The summed E-state index contributed by atoms with van der Waals surface area (Å²) in [6, 6.07) is 6.86. The maximum atomic E-state index is 12.5. The lowest BCUT2D eigenvalue weighted by Gasteiger charge is -2.36. The maximum absolute atomic E-state index is 12.5. The van der Waals surface area contributed by atoms with Gasteiger partial charge in [-0.3, -0.25) is 10.2 Å². The van der Waals surface area contributed by atoms with Crippen LogP contribution in [0.15, 0.2) is 24.3 Å². The number of nitrogen functional groups attached to an aromatic ring is 1. The van der Waals surface area contributed by atoms with Gasteiger partial charge in [-0.25, -0.2) is 4.79 Å². The minimum absolute atomic E-state index is 0.0111. The van der Waals surface area contributed by atoms with Gasteiger partial charge in [-0.05, 0) is 25.0 Å². The number of likely N-dealkylation sites (tertiary alicyclic amines) is 1. The van der Waals surface area contributed by atoms with Gasteiger partial charge in [0, 0.05) is 50.4 Å². The summed E-state index contributed by atoms with van der Waals surface area (Å²) >= 11 is 0. The maximum Gasteiger partial charge on any atom is 0.320 e. The van der Waals surface area contributed by atoms with Gasteiger partial charge < -0.3 is 20.4 Å². The summed E-state index contributed by atoms with van der Waals surface area (Å²) < 4.78 is 0. The number of nitrogens with zero attached hydrogens (tertiary/aromatic N) is 3. The van der Waals surface area contributed by atoms with Crippen LogP contribution in [0, 0.1) is 5.41 Å². The van der Waals surface area contributed by atoms with Crippen LogP contribution < -0.4 is 5.73 Å². The highest BCUT2D eigenvalue weighted by Crippen LogP contribution is 2.14. The van der Waals surface area contributed by atoms with E-state index in [1.54, 1.807) is 29.2 Å². The van der Waals surface area contributed by atoms with Gasteiger partial charge >= 0.3 is 6.03 Å². The van der Waals surface area contributed by atoms with Crippen LogP contribution in [-0.2, 0) is 0 Å². The molecule has 128 valence electrons. The third-order valence-electron chi connectivity index (χ3n) is 4.66. The van der Waals surface area contributed by atoms with E-state index in [4.69, 9.17) is 11.1 Å². The molecule has 3 rings (SSSR count). The smallest absolute Gasteiger partial charge is 0.320 e. The molecule has 2 aliphatic rings. The molecule has 7 nitrogen and oxygen atoms in total. The zero-order valence-corrected chi connectivity index (χ0v) is 13.7. The molecular weight excluding hydrogens is 306 g/mol. The van der Waals surface area contributed by atoms with Gasteiger partial charge in [0.15, 0.2) is 0 Å². The second kappa shape index (κ2) is 6.90. The van der Waals surface area contributed by atoms with E-state index in [2.05, 4.69) is 0 Å². The number of amides is 3. The zero-order chi connectivity index (χ0) is 17.1. The molecular formula is C17H23N5O2. The summed E-state index contributed by atoms with van der Waals surface area (Å²) in [7, 11) is 0. The number of hydrogen-bond donors (Lipinski definition) is 2. The third-order valence-corrected chi connectivity index (χ3v) is 4.66. The molecule has 7 heteroatoms. The van der Waals surface area contributed by atoms with Crippen molar-refractivity contribution in [3.05, 3.63) is 35.4 Å². The molecule has 3 amide bonds. The summed E-state index contributed by atoms with van der Waals surface area (Å²) in [6.45, 7) is 3.94. The lowest BCUT2D eigenvalue weighted by molar-refractivity contribution is 0.0645. The fourth-order valence-corrected chi connectivity index (χ4v) is 3.18. The molecule has 0 bridgehead atoms. The van der Waals surface area contributed by atoms with Crippen LogP contribution in [0.5, 0.6) is 0 Å². The van der Waals surface area contributed by atoms with E-state index in [1.807, 2.05) is 9.80 Å². The van der Waals surface area contributed by atoms with Crippen molar-refractivity contribution in [2.75, 3.05) is 39.3 Å². The Balaban J connectivity index is 1.56. The third kappa shape index (κ3) is 3.34. The number of amidine groups is 1. The molecule has 2 saturated heterocycles. The van der Waals surface area contributed by atoms with Gasteiger partial charge in [0.1, 0.15) is 5.84 Å². The second-order valence-electron chi connectivity index (χ2n) is 6.25. The topological polar surface area (TPSA) is 93.7 Å². The largest absolute Gasteiger partial charge is 0.384 e. The van der Waals surface area contributed by atoms with Crippen LogP contribution in [0.4, 0.5) is 4.79 Å². The molecule has 0 aromatic heterocycles. The Morgan fingerprint density at radius 2 is 1.25 bits per heavy atom. The summed E-state index contributed by atoms with van der Waals surface area (Å²) in [4.78, 5) is 30.4. The number of nitrogens with two attached hydrogens (primary N) is 1. The van der Waals surface area contributed by atoms with E-state index < -0.39 is 0 Å². The van der Waals surface area contributed by atoms with Crippen LogP contribution in [-0.4, -0.2) is 71.7 Å². The average molecular weight is 329 g/mol. The van der Waals surface area contributed by atoms with Gasteiger partial charge in [-0.15, -0.1) is 0 Å². The average Bonchev–Trinajstić information content (AvgIpc) is 3.15. The Labute approximate surface area is 141 Å². The van der Waals surface area contributed by atoms with Gasteiger partial charge in [-0.1, -0.05) is 12.1 Å². The first kappa shape index (κ1) is 16.3. The van der Waals surface area contributed by atoms with E-state index in [-0.39, 0.29) is 17.8 Å². The van der Waals surface area contributed by atoms with Crippen molar-refractivity contribution in [1.82, 2.24) is 14.7 Å². The van der Waals surface area contributed by atoms with Gasteiger partial charge in [-0.2, -0.15) is 0 Å². The number of urea groups is 1. The van der Waals surface area contributed by atoms with Crippen molar-refractivity contribution in [2.24, 2.45) is 5.73 Å². The second-order valence-corrected chi connectivity index (χ2v) is 6.25. The highest BCUT2D eigenvalue weighted by Gasteiger charge is 2.28. The Bertz CT molecular complexity index is 629. The summed E-state index contributed by atoms with van der Waals surface area (Å²) in [5, 5.41) is 7.38. The van der Waals surface area contributed by atoms with Crippen molar-refractivity contribution in [1.29, 1.82) is 5.41 Å². The van der Waals surface area contributed by atoms with Gasteiger partial charge in [0.05, 0.1) is 0 Å². The first-order valence-electron chi connectivity index (χ1n) is 8.34. The Hall–Kier alpha value is -2.57. The summed E-state index contributed by atoms with van der Waals surface area (Å²) in [5.41, 5.74) is 6.61. The minimum atomic E-state index is -0.0432. The van der Waals surface area contributed by atoms with Crippen molar-refractivity contribution < 1.29 is 9.59 Å². The van der Waals surface area contributed by atoms with Crippen molar-refractivity contribution in [3.8, 4) is 0 Å². The Kier molecular flexibility index (Phi) is 4.69. The van der Waals surface area contributed by atoms with E-state index in [0.717, 1.165) is 25.9 Å². The van der Waals surface area contributed by atoms with Crippen LogP contribution in [0.2, 0.25) is 0 Å². The molecule has 0 spiro atoms. The lowest BCUT2D eigenvalue weighted by atomic mass is 10.1. The molecule has 24 heavy (non-hydrogen) atoms. The molecule has 3 N–H and O–H groups in total. The number of carbonyl (C=O) groups is 2. The van der Waals surface area contributed by atoms with Crippen LogP contribution in [0.25, 0.3) is 0 Å².